The van der Waals surface area contributed by atoms with E-state index in [2.05, 4.69) is 15.6 Å². The molecule has 9 heteroatoms. The lowest BCUT2D eigenvalue weighted by Gasteiger charge is -2.10. The number of rotatable bonds is 5. The van der Waals surface area contributed by atoms with Crippen molar-refractivity contribution in [1.82, 2.24) is 15.2 Å². The summed E-state index contributed by atoms with van der Waals surface area (Å²) in [6, 6.07) is 6.43. The van der Waals surface area contributed by atoms with Crippen LogP contribution in [0, 0.1) is 0 Å². The van der Waals surface area contributed by atoms with Gasteiger partial charge >= 0.3 is 6.03 Å². The number of amides is 4. The van der Waals surface area contributed by atoms with Crippen molar-refractivity contribution in [1.29, 1.82) is 0 Å². The van der Waals surface area contributed by atoms with Gasteiger partial charge in [-0.05, 0) is 12.1 Å². The van der Waals surface area contributed by atoms with Crippen LogP contribution in [-0.4, -0.2) is 41.4 Å². The van der Waals surface area contributed by atoms with Crippen LogP contribution < -0.4 is 15.4 Å². The third-order valence-electron chi connectivity index (χ3n) is 3.38. The Kier molecular flexibility index (Phi) is 4.75. The fourth-order valence-corrected chi connectivity index (χ4v) is 2.79. The molecule has 1 aromatic heterocycles. The number of carbonyl (C=O) groups is 3. The van der Waals surface area contributed by atoms with E-state index in [1.807, 2.05) is 0 Å². The highest BCUT2D eigenvalue weighted by molar-refractivity contribution is 7.13. The number of carbonyl (C=O) groups excluding carboxylic acids is 3. The molecule has 3 rings (SSSR count). The summed E-state index contributed by atoms with van der Waals surface area (Å²) in [4.78, 5) is 41.1. The minimum Gasteiger partial charge on any atom is -0.496 e. The first-order valence-corrected chi connectivity index (χ1v) is 8.13. The molecule has 0 radical (unpaired) electrons. The zero-order valence-corrected chi connectivity index (χ0v) is 14.0. The first-order valence-electron chi connectivity index (χ1n) is 7.25. The van der Waals surface area contributed by atoms with Crippen LogP contribution in [0.2, 0.25) is 0 Å². The maximum absolute atomic E-state index is 12.4. The molecule has 1 saturated heterocycles. The minimum absolute atomic E-state index is 0.0801. The zero-order chi connectivity index (χ0) is 17.8. The molecule has 1 aliphatic rings. The van der Waals surface area contributed by atoms with Gasteiger partial charge in [-0.2, -0.15) is 0 Å². The number of thiazole rings is 1. The highest BCUT2D eigenvalue weighted by Crippen LogP contribution is 2.22. The van der Waals surface area contributed by atoms with Crippen molar-refractivity contribution in [2.75, 3.05) is 19.0 Å². The number of ether oxygens (including phenoxy) is 1. The van der Waals surface area contributed by atoms with E-state index in [4.69, 9.17) is 4.74 Å². The van der Waals surface area contributed by atoms with Gasteiger partial charge in [-0.25, -0.2) is 14.7 Å². The van der Waals surface area contributed by atoms with E-state index in [1.54, 1.807) is 35.8 Å². The Hall–Kier alpha value is -3.20. The summed E-state index contributed by atoms with van der Waals surface area (Å²) in [6.45, 7) is -0.395. The molecular formula is C16H14N4O4S. The van der Waals surface area contributed by atoms with Crippen LogP contribution in [0.3, 0.4) is 0 Å². The molecule has 1 fully saturated rings. The zero-order valence-electron chi connectivity index (χ0n) is 13.2. The molecule has 25 heavy (non-hydrogen) atoms. The number of imide groups is 1. The third kappa shape index (κ3) is 3.66. The van der Waals surface area contributed by atoms with Crippen molar-refractivity contribution in [2.24, 2.45) is 0 Å². The SMILES string of the molecule is COc1ccccc1/C=C1\NC(=O)N(CC(=O)Nc2nccs2)C1=O. The van der Waals surface area contributed by atoms with Gasteiger partial charge in [0.2, 0.25) is 5.91 Å². The normalized spacial score (nSPS) is 15.4. The van der Waals surface area contributed by atoms with Gasteiger partial charge in [-0.3, -0.25) is 9.59 Å². The quantitative estimate of drug-likeness (QED) is 0.626. The maximum Gasteiger partial charge on any atom is 0.329 e. The number of aromatic nitrogens is 1. The van der Waals surface area contributed by atoms with Gasteiger partial charge in [0, 0.05) is 17.1 Å². The number of anilines is 1. The van der Waals surface area contributed by atoms with Crippen LogP contribution in [0.5, 0.6) is 5.75 Å². The number of methoxy groups -OCH3 is 1. The molecule has 4 amide bonds. The molecule has 1 aliphatic heterocycles. The first-order chi connectivity index (χ1) is 12.1. The second-order valence-electron chi connectivity index (χ2n) is 5.01. The van der Waals surface area contributed by atoms with Gasteiger partial charge in [0.05, 0.1) is 7.11 Å². The molecule has 2 aromatic rings. The van der Waals surface area contributed by atoms with Gasteiger partial charge < -0.3 is 15.4 Å². The smallest absolute Gasteiger partial charge is 0.329 e. The lowest BCUT2D eigenvalue weighted by Crippen LogP contribution is -2.38. The van der Waals surface area contributed by atoms with E-state index in [0.717, 1.165) is 4.90 Å². The first kappa shape index (κ1) is 16.7. The second kappa shape index (κ2) is 7.14. The van der Waals surface area contributed by atoms with E-state index in [-0.39, 0.29) is 5.70 Å². The maximum atomic E-state index is 12.4. The number of nitrogens with zero attached hydrogens (tertiary/aromatic N) is 2. The molecule has 2 heterocycles. The number of nitrogens with one attached hydrogen (secondary N) is 2. The monoisotopic (exact) mass is 358 g/mol. The van der Waals surface area contributed by atoms with Crippen LogP contribution >= 0.6 is 11.3 Å². The van der Waals surface area contributed by atoms with Crippen molar-refractivity contribution in [3.8, 4) is 5.75 Å². The van der Waals surface area contributed by atoms with Crippen molar-refractivity contribution >= 4 is 40.4 Å². The molecule has 0 aliphatic carbocycles. The van der Waals surface area contributed by atoms with Crippen LogP contribution in [0.15, 0.2) is 41.5 Å². The van der Waals surface area contributed by atoms with Gasteiger partial charge in [0.15, 0.2) is 5.13 Å². The summed E-state index contributed by atoms with van der Waals surface area (Å²) in [5, 5.41) is 7.11. The van der Waals surface area contributed by atoms with Gasteiger partial charge in [0.25, 0.3) is 5.91 Å². The molecule has 0 saturated carbocycles. The van der Waals surface area contributed by atoms with Crippen LogP contribution in [0.1, 0.15) is 5.56 Å². The summed E-state index contributed by atoms with van der Waals surface area (Å²) >= 11 is 1.24. The number of benzene rings is 1. The van der Waals surface area contributed by atoms with Crippen molar-refractivity contribution in [2.45, 2.75) is 0 Å². The van der Waals surface area contributed by atoms with E-state index in [1.165, 1.54) is 24.5 Å². The summed E-state index contributed by atoms with van der Waals surface area (Å²) < 4.78 is 5.22. The van der Waals surface area contributed by atoms with Crippen LogP contribution in [0.25, 0.3) is 6.08 Å². The Labute approximate surface area is 147 Å². The Balaban J connectivity index is 1.73. The second-order valence-corrected chi connectivity index (χ2v) is 5.90. The van der Waals surface area contributed by atoms with Gasteiger partial charge in [-0.15, -0.1) is 11.3 Å². The van der Waals surface area contributed by atoms with E-state index < -0.39 is 24.4 Å². The van der Waals surface area contributed by atoms with Crippen LogP contribution in [-0.2, 0) is 9.59 Å². The molecular weight excluding hydrogens is 344 g/mol. The minimum atomic E-state index is -0.652. The topological polar surface area (TPSA) is 101 Å². The lowest BCUT2D eigenvalue weighted by atomic mass is 10.1. The Morgan fingerprint density at radius 2 is 2.20 bits per heavy atom. The largest absolute Gasteiger partial charge is 0.496 e. The van der Waals surface area contributed by atoms with Crippen LogP contribution in [0.4, 0.5) is 9.93 Å². The fraction of sp³-hybridized carbons (Fsp3) is 0.125. The molecule has 8 nitrogen and oxygen atoms in total. The average Bonchev–Trinajstić information content (AvgIpc) is 3.19. The van der Waals surface area contributed by atoms with Crippen molar-refractivity contribution in [3.63, 3.8) is 0 Å². The lowest BCUT2D eigenvalue weighted by molar-refractivity contribution is -0.127. The molecule has 0 bridgehead atoms. The summed E-state index contributed by atoms with van der Waals surface area (Å²) in [7, 11) is 1.52. The van der Waals surface area contributed by atoms with Gasteiger partial charge in [0.1, 0.15) is 18.0 Å². The molecule has 0 unspecified atom stereocenters. The molecule has 0 spiro atoms. The number of urea groups is 1. The number of para-hydroxylation sites is 1. The highest BCUT2D eigenvalue weighted by Gasteiger charge is 2.35. The van der Waals surface area contributed by atoms with Gasteiger partial charge in [-0.1, -0.05) is 18.2 Å². The van der Waals surface area contributed by atoms with E-state index in [9.17, 15) is 14.4 Å². The third-order valence-corrected chi connectivity index (χ3v) is 4.07. The number of hydrogen-bond donors (Lipinski definition) is 2. The summed E-state index contributed by atoms with van der Waals surface area (Å²) in [6.07, 6.45) is 3.06. The molecule has 1 aromatic carbocycles. The standard InChI is InChI=1S/C16H14N4O4S/c1-24-12-5-3-2-4-10(12)8-11-14(22)20(16(23)18-11)9-13(21)19-15-17-6-7-25-15/h2-8H,9H2,1H3,(H,18,23)(H,17,19,21)/b11-8-. The predicted octanol–water partition coefficient (Wildman–Crippen LogP) is 1.68. The van der Waals surface area contributed by atoms with E-state index >= 15 is 0 Å². The average molecular weight is 358 g/mol. The molecule has 128 valence electrons. The predicted molar refractivity (Wildman–Crippen MR) is 92.0 cm³/mol. The molecule has 2 N–H and O–H groups in total. The molecule has 0 atom stereocenters. The summed E-state index contributed by atoms with van der Waals surface area (Å²) in [5.41, 5.74) is 0.722. The van der Waals surface area contributed by atoms with Crippen molar-refractivity contribution in [3.05, 3.63) is 47.1 Å². The highest BCUT2D eigenvalue weighted by atomic mass is 32.1. The van der Waals surface area contributed by atoms with E-state index in [0.29, 0.717) is 16.4 Å². The Bertz CT molecular complexity index is 848. The fourth-order valence-electron chi connectivity index (χ4n) is 2.24. The summed E-state index contributed by atoms with van der Waals surface area (Å²) in [5.74, 6) is -0.515. The number of hydrogen-bond acceptors (Lipinski definition) is 6. The van der Waals surface area contributed by atoms with Crippen molar-refractivity contribution < 1.29 is 19.1 Å². The Morgan fingerprint density at radius 3 is 2.92 bits per heavy atom. The Morgan fingerprint density at radius 1 is 1.40 bits per heavy atom.